The lowest BCUT2D eigenvalue weighted by atomic mass is 10.0. The van der Waals surface area contributed by atoms with Crippen molar-refractivity contribution in [2.75, 3.05) is 200 Å². The molecule has 7 heterocycles. The molecule has 8 bridgehead atoms. The summed E-state index contributed by atoms with van der Waals surface area (Å²) in [5.74, 6) is -1.33. The lowest BCUT2D eigenvalue weighted by Crippen LogP contribution is -2.52. The molecule has 10 N–H and O–H groups in total. The van der Waals surface area contributed by atoms with Crippen molar-refractivity contribution in [2.24, 2.45) is 0 Å². The molecule has 0 aromatic heterocycles. The van der Waals surface area contributed by atoms with Crippen LogP contribution in [0.5, 0.6) is 23.0 Å². The van der Waals surface area contributed by atoms with E-state index in [2.05, 4.69) is 84.7 Å². The molecule has 0 radical (unpaired) electrons. The number of fused-ring (bicyclic) bond motifs is 4. The summed E-state index contributed by atoms with van der Waals surface area (Å²) in [5, 5.41) is 27.3. The second-order valence-electron chi connectivity index (χ2n) is 32.0. The Kier molecular flexibility index (Phi) is 42.9. The Morgan fingerprint density at radius 1 is 0.500 bits per heavy atom. The van der Waals surface area contributed by atoms with E-state index in [-0.39, 0.29) is 208 Å². The molecule has 4 aromatic carbocycles. The third kappa shape index (κ3) is 33.1. The number of hydrogen-bond acceptors (Lipinski definition) is 28. The molecule has 41 nitrogen and oxygen atoms in total. The standard InChI is InChI=1S/C93H124N14O27/c1-59-44-69-52-106-75-48-79(77(123-9)46-70(75)90(117)104(69)50-59)131-32-15-33-132-80-49-76-71(47-78(80)124-10)91(118)105-51-60(2)45-74(105)64(6)107(76)93(120)134-55-66-20-24-68(25-21-66)101-88(115)72(16-11-13-28-94-61(3)53-127-38-36-121-7)102-86(113)62(4)98-84(111)57-129-42-40-125-34-30-96-81(108)26-27-82(109)97-31-35-126-41-43-130-58-85(112)99-63(5)87(114)103-73(17-12-14-29-95-83(110)56-128-39-37-122-8)89(116)100-67-22-18-65(19-23-67)54-133-92(106)119/h18-25,46-49,62-64,69,72-74,94H,1-3,11-17,28-45,50-58H2,4-10H3,(H,95,110)(H,96,108)(H,97,109)(H,98,111)(H,99,112)(H,100,116)(H,101,115)(H,102,113)(H,103,114)/t62-,63-,64?,69-,72-,73-,74-/m0/s1. The van der Waals surface area contributed by atoms with Gasteiger partial charge >= 0.3 is 12.2 Å². The van der Waals surface area contributed by atoms with Crippen LogP contribution in [0.25, 0.3) is 0 Å². The Morgan fingerprint density at radius 3 is 1.49 bits per heavy atom. The Hall–Kier alpha value is -13.0. The fraction of sp³-hybridized carbons (Fsp3) is 0.516. The van der Waals surface area contributed by atoms with Gasteiger partial charge in [-0.15, -0.1) is 0 Å². The number of ether oxygens (including phenoxy) is 14. The van der Waals surface area contributed by atoms with Gasteiger partial charge in [0.05, 0.1) is 147 Å². The van der Waals surface area contributed by atoms with Gasteiger partial charge in [-0.05, 0) is 120 Å². The molecule has 4 aromatic rings. The smallest absolute Gasteiger partial charge is 0.414 e. The van der Waals surface area contributed by atoms with Crippen molar-refractivity contribution in [3.63, 3.8) is 0 Å². The molecule has 134 heavy (non-hydrogen) atoms. The molecule has 2 fully saturated rings. The Labute approximate surface area is 778 Å². The number of rotatable bonds is 23. The molecular weight excluding hydrogens is 1750 g/mol. The zero-order valence-electron chi connectivity index (χ0n) is 76.9. The highest BCUT2D eigenvalue weighted by atomic mass is 16.6. The minimum Gasteiger partial charge on any atom is -0.493 e. The van der Waals surface area contributed by atoms with Crippen molar-refractivity contribution in [3.8, 4) is 34.8 Å². The van der Waals surface area contributed by atoms with E-state index in [1.807, 2.05) is 6.92 Å². The van der Waals surface area contributed by atoms with Gasteiger partial charge in [-0.1, -0.05) is 55.1 Å². The minimum absolute atomic E-state index is 0.000794. The van der Waals surface area contributed by atoms with E-state index >= 15 is 0 Å². The van der Waals surface area contributed by atoms with Gasteiger partial charge in [-0.2, -0.15) is 0 Å². The van der Waals surface area contributed by atoms with Crippen LogP contribution in [-0.4, -0.2) is 309 Å². The lowest BCUT2D eigenvalue weighted by Gasteiger charge is -2.33. The van der Waals surface area contributed by atoms with Gasteiger partial charge in [0.2, 0.25) is 41.4 Å². The molecule has 7 atom stereocenters. The third-order valence-electron chi connectivity index (χ3n) is 21.8. The highest BCUT2D eigenvalue weighted by Crippen LogP contribution is 2.44. The third-order valence-corrected chi connectivity index (χ3v) is 21.8. The monoisotopic (exact) mass is 1870 g/mol. The van der Waals surface area contributed by atoms with Crippen LogP contribution >= 0.6 is 0 Å². The van der Waals surface area contributed by atoms with Crippen molar-refractivity contribution in [1.82, 2.24) is 52.3 Å². The fourth-order valence-electron chi connectivity index (χ4n) is 14.8. The fourth-order valence-corrected chi connectivity index (χ4v) is 14.8. The molecule has 1 unspecified atom stereocenters. The average molecular weight is 1870 g/mol. The normalized spacial score (nSPS) is 21.2. The molecule has 41 heteroatoms. The number of benzene rings is 4. The van der Waals surface area contributed by atoms with E-state index < -0.39 is 115 Å². The van der Waals surface area contributed by atoms with Crippen LogP contribution in [0.3, 0.4) is 0 Å². The van der Waals surface area contributed by atoms with Gasteiger partial charge in [0.1, 0.15) is 57.2 Å². The molecule has 2 saturated heterocycles. The molecule has 11 rings (SSSR count). The van der Waals surface area contributed by atoms with Crippen molar-refractivity contribution >= 4 is 99.9 Å². The first-order chi connectivity index (χ1) is 64.6. The van der Waals surface area contributed by atoms with E-state index in [9.17, 15) is 62.3 Å². The first kappa shape index (κ1) is 105. The summed E-state index contributed by atoms with van der Waals surface area (Å²) in [6, 6.07) is 13.0. The van der Waals surface area contributed by atoms with Gasteiger partial charge < -0.3 is 129 Å². The summed E-state index contributed by atoms with van der Waals surface area (Å²) in [4.78, 5) is 184. The summed E-state index contributed by atoms with van der Waals surface area (Å²) in [5.41, 5.74) is 4.58. The summed E-state index contributed by atoms with van der Waals surface area (Å²) in [6.45, 7) is 18.3. The predicted octanol–water partition coefficient (Wildman–Crippen LogP) is 3.85. The topological polar surface area (TPSA) is 484 Å². The quantitative estimate of drug-likeness (QED) is 0.0286. The molecule has 0 saturated carbocycles. The van der Waals surface area contributed by atoms with E-state index in [0.29, 0.717) is 93.1 Å². The van der Waals surface area contributed by atoms with Crippen molar-refractivity contribution in [1.29, 1.82) is 0 Å². The van der Waals surface area contributed by atoms with Gasteiger partial charge in [-0.3, -0.25) is 62.5 Å². The molecule has 7 aliphatic heterocycles. The maximum Gasteiger partial charge on any atom is 0.414 e. The highest BCUT2D eigenvalue weighted by Gasteiger charge is 2.46. The number of anilines is 4. The van der Waals surface area contributed by atoms with Gasteiger partial charge in [-0.25, -0.2) is 9.59 Å². The SMILES string of the molecule is C=C1C[C@H]2CN3C(=O)OCc4ccc(cc4)NC(=O)[C@H](CCCCNC(=O)COCCOC)NC(=O)[C@H](C)NC(=O)COCCOCCNC(=O)C#CC(=O)NCCOCCOCC(=O)N[C@@H](C)C(=O)N[C@@H](CCCCNC(=C)COCCOC)C(=O)Nc4ccc(cc4)COC(=O)N4c5cc(c(OC)cc5C(=O)N5CC(=C)C[C@H]5C4C)OCCCOc4cc3c(cc4OC)C(=O)N2C1. The van der Waals surface area contributed by atoms with E-state index in [0.717, 1.165) is 11.1 Å². The Morgan fingerprint density at radius 2 is 0.970 bits per heavy atom. The van der Waals surface area contributed by atoms with E-state index in [1.54, 1.807) is 77.6 Å². The van der Waals surface area contributed by atoms with Crippen LogP contribution in [0.2, 0.25) is 0 Å². The predicted molar refractivity (Wildman–Crippen MR) is 488 cm³/mol. The van der Waals surface area contributed by atoms with Gasteiger partial charge in [0.15, 0.2) is 23.0 Å². The first-order valence-electron chi connectivity index (χ1n) is 44.4. The number of carbonyl (C=O) groups excluding carboxylic acids is 13. The maximum absolute atomic E-state index is 14.8. The molecule has 728 valence electrons. The zero-order chi connectivity index (χ0) is 96.4. The number of unbranched alkanes of at least 4 members (excludes halogenated alkanes) is 2. The number of nitrogens with zero attached hydrogens (tertiary/aromatic N) is 4. The van der Waals surface area contributed by atoms with Crippen LogP contribution in [0.1, 0.15) is 110 Å². The second kappa shape index (κ2) is 54.9. The molecular formula is C93H124N14O27. The first-order valence-corrected chi connectivity index (χ1v) is 44.4. The van der Waals surface area contributed by atoms with Crippen LogP contribution in [0.15, 0.2) is 109 Å². The van der Waals surface area contributed by atoms with Crippen LogP contribution in [0, 0.1) is 11.8 Å². The maximum atomic E-state index is 14.8. The Balaban J connectivity index is 0.892. The molecule has 7 aliphatic rings. The molecule has 13 amide bonds. The number of amides is 13. The highest BCUT2D eigenvalue weighted by molar-refractivity contribution is 6.08. The largest absolute Gasteiger partial charge is 0.493 e. The average Bonchev–Trinajstić information content (AvgIpc) is 1.60. The van der Waals surface area contributed by atoms with Crippen LogP contribution < -0.4 is 81.9 Å². The van der Waals surface area contributed by atoms with E-state index in [4.69, 9.17) is 66.3 Å². The summed E-state index contributed by atoms with van der Waals surface area (Å²) in [7, 11) is 5.92. The number of methoxy groups -OCH3 is 4. The van der Waals surface area contributed by atoms with Crippen molar-refractivity contribution in [3.05, 3.63) is 132 Å². The van der Waals surface area contributed by atoms with Gasteiger partial charge in [0.25, 0.3) is 23.6 Å². The lowest BCUT2D eigenvalue weighted by molar-refractivity contribution is -0.132. The van der Waals surface area contributed by atoms with Crippen LogP contribution in [-0.2, 0) is 104 Å². The van der Waals surface area contributed by atoms with Crippen molar-refractivity contribution < 1.29 is 129 Å². The Bertz CT molecular complexity index is 4810. The zero-order valence-corrected chi connectivity index (χ0v) is 76.9. The van der Waals surface area contributed by atoms with Crippen LogP contribution in [0.4, 0.5) is 32.3 Å². The molecule has 0 aliphatic carbocycles. The summed E-state index contributed by atoms with van der Waals surface area (Å²) in [6.07, 6.45) is 1.56. The number of hydrogen-bond donors (Lipinski definition) is 10. The van der Waals surface area contributed by atoms with Gasteiger partial charge in [0, 0.05) is 101 Å². The summed E-state index contributed by atoms with van der Waals surface area (Å²) < 4.78 is 79.2. The summed E-state index contributed by atoms with van der Waals surface area (Å²) >= 11 is 0. The molecule has 0 spiro atoms. The van der Waals surface area contributed by atoms with E-state index in [1.165, 1.54) is 57.1 Å². The minimum atomic E-state index is -1.14. The number of nitrogens with one attached hydrogen (secondary N) is 10. The second-order valence-corrected chi connectivity index (χ2v) is 32.0. The number of carbonyl (C=O) groups is 13. The van der Waals surface area contributed by atoms with Crippen molar-refractivity contribution in [2.45, 2.75) is 134 Å².